The van der Waals surface area contributed by atoms with Crippen molar-refractivity contribution in [2.24, 2.45) is 0 Å². The molecule has 1 aromatic heterocycles. The van der Waals surface area contributed by atoms with Crippen molar-refractivity contribution in [1.29, 1.82) is 0 Å². The Labute approximate surface area is 160 Å². The van der Waals surface area contributed by atoms with Crippen molar-refractivity contribution in [1.82, 2.24) is 14.9 Å². The van der Waals surface area contributed by atoms with E-state index < -0.39 is 0 Å². The average molecular weight is 360 g/mol. The summed E-state index contributed by atoms with van der Waals surface area (Å²) >= 11 is 0. The predicted molar refractivity (Wildman–Crippen MR) is 108 cm³/mol. The van der Waals surface area contributed by atoms with Crippen molar-refractivity contribution in [3.63, 3.8) is 0 Å². The molecule has 2 aromatic carbocycles. The third kappa shape index (κ3) is 4.91. The van der Waals surface area contributed by atoms with Gasteiger partial charge in [-0.3, -0.25) is 4.79 Å². The summed E-state index contributed by atoms with van der Waals surface area (Å²) in [6.45, 7) is 5.26. The van der Waals surface area contributed by atoms with Crippen molar-refractivity contribution in [2.75, 3.05) is 11.9 Å². The van der Waals surface area contributed by atoms with Gasteiger partial charge in [0.25, 0.3) is 5.91 Å². The number of rotatable bonds is 7. The Kier molecular flexibility index (Phi) is 6.15. The summed E-state index contributed by atoms with van der Waals surface area (Å²) in [5.41, 5.74) is 3.69. The maximum absolute atomic E-state index is 12.9. The second kappa shape index (κ2) is 8.94. The first-order valence-corrected chi connectivity index (χ1v) is 9.20. The number of carbonyl (C=O) groups is 1. The van der Waals surface area contributed by atoms with Gasteiger partial charge in [-0.2, -0.15) is 0 Å². The molecule has 1 heterocycles. The number of nitrogens with zero attached hydrogens (tertiary/aromatic N) is 3. The van der Waals surface area contributed by atoms with Crippen LogP contribution in [-0.4, -0.2) is 27.3 Å². The second-order valence-electron chi connectivity index (χ2n) is 6.27. The molecule has 0 saturated heterocycles. The number of anilines is 2. The van der Waals surface area contributed by atoms with Crippen LogP contribution in [0.25, 0.3) is 0 Å². The molecule has 0 atom stereocenters. The lowest BCUT2D eigenvalue weighted by Gasteiger charge is -2.20. The van der Waals surface area contributed by atoms with Gasteiger partial charge in [-0.05, 0) is 36.6 Å². The van der Waals surface area contributed by atoms with E-state index in [1.807, 2.05) is 49.4 Å². The van der Waals surface area contributed by atoms with Gasteiger partial charge in [0, 0.05) is 24.8 Å². The molecule has 1 N–H and O–H groups in total. The van der Waals surface area contributed by atoms with Crippen LogP contribution in [0, 0.1) is 0 Å². The summed E-state index contributed by atoms with van der Waals surface area (Å²) in [5.74, 6) is 0.501. The van der Waals surface area contributed by atoms with Gasteiger partial charge in [-0.15, -0.1) is 0 Å². The topological polar surface area (TPSA) is 58.1 Å². The molecular weight excluding hydrogens is 336 g/mol. The predicted octanol–water partition coefficient (Wildman–Crippen LogP) is 4.44. The summed E-state index contributed by atoms with van der Waals surface area (Å²) in [6.07, 6.45) is 2.42. The van der Waals surface area contributed by atoms with Crippen LogP contribution in [0.5, 0.6) is 0 Å². The van der Waals surface area contributed by atoms with Gasteiger partial charge in [-0.1, -0.05) is 49.4 Å². The molecule has 0 fully saturated rings. The molecule has 3 rings (SSSR count). The van der Waals surface area contributed by atoms with Gasteiger partial charge >= 0.3 is 0 Å². The van der Waals surface area contributed by atoms with Crippen LogP contribution in [0.1, 0.15) is 35.5 Å². The molecule has 0 saturated carbocycles. The van der Waals surface area contributed by atoms with Crippen LogP contribution < -0.4 is 5.32 Å². The number of nitrogens with one attached hydrogen (secondary N) is 1. The van der Waals surface area contributed by atoms with E-state index in [1.165, 1.54) is 11.9 Å². The lowest BCUT2D eigenvalue weighted by Crippen LogP contribution is -2.31. The number of aryl methyl sites for hydroxylation is 1. The minimum absolute atomic E-state index is 0.104. The first kappa shape index (κ1) is 18.6. The monoisotopic (exact) mass is 360 g/mol. The molecule has 3 aromatic rings. The summed E-state index contributed by atoms with van der Waals surface area (Å²) in [4.78, 5) is 23.1. The highest BCUT2D eigenvalue weighted by Crippen LogP contribution is 2.17. The van der Waals surface area contributed by atoms with Gasteiger partial charge < -0.3 is 10.2 Å². The summed E-state index contributed by atoms with van der Waals surface area (Å²) in [6, 6.07) is 19.8. The van der Waals surface area contributed by atoms with Gasteiger partial charge in [0.1, 0.15) is 17.8 Å². The maximum Gasteiger partial charge on any atom is 0.272 e. The van der Waals surface area contributed by atoms with Crippen molar-refractivity contribution in [2.45, 2.75) is 26.8 Å². The van der Waals surface area contributed by atoms with Crippen molar-refractivity contribution >= 4 is 17.4 Å². The van der Waals surface area contributed by atoms with Crippen LogP contribution in [0.15, 0.2) is 67.0 Å². The zero-order chi connectivity index (χ0) is 19.1. The summed E-state index contributed by atoms with van der Waals surface area (Å²) < 4.78 is 0. The first-order valence-electron chi connectivity index (χ1n) is 9.20. The van der Waals surface area contributed by atoms with Gasteiger partial charge in [0.2, 0.25) is 0 Å². The highest BCUT2D eigenvalue weighted by atomic mass is 16.2. The van der Waals surface area contributed by atoms with Crippen molar-refractivity contribution < 1.29 is 4.79 Å². The van der Waals surface area contributed by atoms with E-state index in [0.717, 1.165) is 17.7 Å². The summed E-state index contributed by atoms with van der Waals surface area (Å²) in [7, 11) is 0. The quantitative estimate of drug-likeness (QED) is 0.676. The highest BCUT2D eigenvalue weighted by Gasteiger charge is 2.16. The van der Waals surface area contributed by atoms with E-state index in [-0.39, 0.29) is 5.91 Å². The molecule has 138 valence electrons. The number of amides is 1. The smallest absolute Gasteiger partial charge is 0.272 e. The molecule has 0 radical (unpaired) electrons. The lowest BCUT2D eigenvalue weighted by atomic mass is 10.1. The molecule has 0 spiro atoms. The summed E-state index contributed by atoms with van der Waals surface area (Å²) in [5, 5.41) is 3.24. The Bertz CT molecular complexity index is 878. The Morgan fingerprint density at radius 1 is 0.963 bits per heavy atom. The highest BCUT2D eigenvalue weighted by molar-refractivity contribution is 5.93. The minimum Gasteiger partial charge on any atom is -0.340 e. The van der Waals surface area contributed by atoms with E-state index >= 15 is 0 Å². The largest absolute Gasteiger partial charge is 0.340 e. The second-order valence-corrected chi connectivity index (χ2v) is 6.27. The fourth-order valence-electron chi connectivity index (χ4n) is 2.81. The van der Waals surface area contributed by atoms with Crippen LogP contribution in [0.2, 0.25) is 0 Å². The number of hydrogen-bond donors (Lipinski definition) is 1. The molecule has 27 heavy (non-hydrogen) atoms. The third-order valence-electron chi connectivity index (χ3n) is 4.41. The zero-order valence-corrected chi connectivity index (χ0v) is 15.7. The van der Waals surface area contributed by atoms with Crippen LogP contribution >= 0.6 is 0 Å². The molecule has 5 nitrogen and oxygen atoms in total. The molecule has 0 aliphatic carbocycles. The molecule has 0 unspecified atom stereocenters. The molecule has 1 amide bonds. The third-order valence-corrected chi connectivity index (χ3v) is 4.41. The van der Waals surface area contributed by atoms with Gasteiger partial charge in [0.15, 0.2) is 0 Å². The molecule has 0 aliphatic rings. The standard InChI is InChI=1S/C22H24N4O/c1-3-17-10-12-19(13-11-17)25-21-14-20(23-16-24-21)22(27)26(4-2)15-18-8-6-5-7-9-18/h5-14,16H,3-4,15H2,1-2H3,(H,23,24,25). The zero-order valence-electron chi connectivity index (χ0n) is 15.7. The maximum atomic E-state index is 12.9. The van der Waals surface area contributed by atoms with Gasteiger partial charge in [0.05, 0.1) is 0 Å². The van der Waals surface area contributed by atoms with Crippen LogP contribution in [0.3, 0.4) is 0 Å². The fourth-order valence-corrected chi connectivity index (χ4v) is 2.81. The Morgan fingerprint density at radius 2 is 1.70 bits per heavy atom. The molecule has 0 aliphatic heterocycles. The fraction of sp³-hybridized carbons (Fsp3) is 0.227. The number of carbonyl (C=O) groups excluding carboxylic acids is 1. The van der Waals surface area contributed by atoms with E-state index in [4.69, 9.17) is 0 Å². The van der Waals surface area contributed by atoms with Crippen molar-refractivity contribution in [3.05, 3.63) is 83.8 Å². The minimum atomic E-state index is -0.104. The molecule has 0 bridgehead atoms. The first-order chi connectivity index (χ1) is 13.2. The molecular formula is C22H24N4O. The Morgan fingerprint density at radius 3 is 2.37 bits per heavy atom. The normalized spacial score (nSPS) is 10.4. The Hall–Kier alpha value is -3.21. The average Bonchev–Trinajstić information content (AvgIpc) is 2.73. The number of benzene rings is 2. The number of aromatic nitrogens is 2. The number of hydrogen-bond acceptors (Lipinski definition) is 4. The van der Waals surface area contributed by atoms with E-state index in [0.29, 0.717) is 24.6 Å². The van der Waals surface area contributed by atoms with Crippen molar-refractivity contribution in [3.8, 4) is 0 Å². The van der Waals surface area contributed by atoms with E-state index in [2.05, 4.69) is 34.3 Å². The van der Waals surface area contributed by atoms with E-state index in [1.54, 1.807) is 11.0 Å². The lowest BCUT2D eigenvalue weighted by molar-refractivity contribution is 0.0746. The van der Waals surface area contributed by atoms with Crippen LogP contribution in [-0.2, 0) is 13.0 Å². The molecule has 5 heteroatoms. The van der Waals surface area contributed by atoms with Gasteiger partial charge in [-0.25, -0.2) is 9.97 Å². The SMILES string of the molecule is CCc1ccc(Nc2cc(C(=O)N(CC)Cc3ccccc3)ncn2)cc1. The van der Waals surface area contributed by atoms with E-state index in [9.17, 15) is 4.79 Å². The Balaban J connectivity index is 1.73. The van der Waals surface area contributed by atoms with Crippen LogP contribution in [0.4, 0.5) is 11.5 Å².